The Morgan fingerprint density at radius 2 is 2.05 bits per heavy atom. The second-order valence-electron chi connectivity index (χ2n) is 4.86. The molecule has 0 aliphatic rings. The summed E-state index contributed by atoms with van der Waals surface area (Å²) in [5.74, 6) is -0.181. The molecule has 1 N–H and O–H groups in total. The second kappa shape index (κ2) is 5.53. The number of hydrogen-bond donors (Lipinski definition) is 1. The van der Waals surface area contributed by atoms with Gasteiger partial charge in [0.15, 0.2) is 0 Å². The van der Waals surface area contributed by atoms with E-state index in [1.54, 1.807) is 10.7 Å². The number of rotatable bonds is 4. The summed E-state index contributed by atoms with van der Waals surface area (Å²) in [4.78, 5) is 0. The van der Waals surface area contributed by atoms with E-state index >= 15 is 0 Å². The largest absolute Gasteiger partial charge is 0.306 e. The molecule has 1 aromatic carbocycles. The van der Waals surface area contributed by atoms with Gasteiger partial charge in [-0.05, 0) is 26.5 Å². The lowest BCUT2D eigenvalue weighted by molar-refractivity contribution is 0.557. The van der Waals surface area contributed by atoms with Gasteiger partial charge in [-0.2, -0.15) is 5.10 Å². The van der Waals surface area contributed by atoms with E-state index in [0.29, 0.717) is 5.56 Å². The normalized spacial score (nSPS) is 12.7. The van der Waals surface area contributed by atoms with Gasteiger partial charge in [0.05, 0.1) is 11.7 Å². The summed E-state index contributed by atoms with van der Waals surface area (Å²) in [7, 11) is 1.88. The van der Waals surface area contributed by atoms with Gasteiger partial charge in [-0.25, -0.2) is 4.39 Å². The zero-order valence-corrected chi connectivity index (χ0v) is 11.9. The lowest BCUT2D eigenvalue weighted by atomic mass is 9.97. The molecule has 3 nitrogen and oxygen atoms in total. The molecule has 1 aromatic heterocycles. The van der Waals surface area contributed by atoms with Crippen molar-refractivity contribution < 1.29 is 4.39 Å². The third-order valence-corrected chi connectivity index (χ3v) is 3.23. The molecule has 0 aliphatic carbocycles. The van der Waals surface area contributed by atoms with Crippen LogP contribution in [0.3, 0.4) is 0 Å². The molecular formula is C15H20FN3. The Hall–Kier alpha value is -1.68. The van der Waals surface area contributed by atoms with Crippen LogP contribution in [0.2, 0.25) is 0 Å². The van der Waals surface area contributed by atoms with Gasteiger partial charge in [0.1, 0.15) is 5.82 Å². The highest BCUT2D eigenvalue weighted by Crippen LogP contribution is 2.27. The summed E-state index contributed by atoms with van der Waals surface area (Å²) in [6.07, 6.45) is 1.95. The molecule has 102 valence electrons. The van der Waals surface area contributed by atoms with Crippen LogP contribution >= 0.6 is 0 Å². The number of halogens is 1. The maximum atomic E-state index is 14.1. The van der Waals surface area contributed by atoms with Gasteiger partial charge in [0.25, 0.3) is 0 Å². The molecule has 0 bridgehead atoms. The predicted octanol–water partition coefficient (Wildman–Crippen LogP) is 2.87. The lowest BCUT2D eigenvalue weighted by Crippen LogP contribution is -2.23. The van der Waals surface area contributed by atoms with E-state index in [4.69, 9.17) is 0 Å². The summed E-state index contributed by atoms with van der Waals surface area (Å²) in [6, 6.07) is 5.06. The predicted molar refractivity (Wildman–Crippen MR) is 74.6 cm³/mol. The highest BCUT2D eigenvalue weighted by atomic mass is 19.1. The minimum absolute atomic E-state index is 0.154. The van der Waals surface area contributed by atoms with E-state index in [2.05, 4.69) is 10.4 Å². The Bertz CT molecular complexity index is 575. The van der Waals surface area contributed by atoms with Gasteiger partial charge in [0.2, 0.25) is 0 Å². The molecule has 0 saturated heterocycles. The molecule has 0 aliphatic heterocycles. The Morgan fingerprint density at radius 3 is 2.63 bits per heavy atom. The first-order valence-electron chi connectivity index (χ1n) is 6.52. The number of aromatic nitrogens is 2. The minimum Gasteiger partial charge on any atom is -0.306 e. The molecule has 0 radical (unpaired) electrons. The van der Waals surface area contributed by atoms with E-state index in [9.17, 15) is 4.39 Å². The summed E-state index contributed by atoms with van der Waals surface area (Å²) >= 11 is 0. The van der Waals surface area contributed by atoms with Crippen LogP contribution in [-0.4, -0.2) is 16.3 Å². The molecule has 0 saturated carbocycles. The average molecular weight is 261 g/mol. The highest BCUT2D eigenvalue weighted by molar-refractivity contribution is 5.35. The maximum Gasteiger partial charge on any atom is 0.128 e. The zero-order valence-electron chi connectivity index (χ0n) is 11.9. The topological polar surface area (TPSA) is 29.9 Å². The van der Waals surface area contributed by atoms with E-state index in [1.165, 1.54) is 6.07 Å². The molecule has 1 unspecified atom stereocenters. The number of hydrogen-bond acceptors (Lipinski definition) is 2. The van der Waals surface area contributed by atoms with E-state index in [-0.39, 0.29) is 11.9 Å². The maximum absolute atomic E-state index is 14.1. The smallest absolute Gasteiger partial charge is 0.128 e. The molecule has 2 rings (SSSR count). The highest BCUT2D eigenvalue weighted by Gasteiger charge is 2.20. The number of nitrogens with one attached hydrogen (secondary N) is 1. The first-order valence-corrected chi connectivity index (χ1v) is 6.52. The third-order valence-electron chi connectivity index (χ3n) is 3.23. The standard InChI is InChI=1S/C15H20FN3/c1-5-17-15(13-9-19(4)18-11(13)3)12-8-10(2)6-7-14(12)16/h6-9,15,17H,5H2,1-4H3. The first kappa shape index (κ1) is 13.7. The van der Waals surface area contributed by atoms with Crippen molar-refractivity contribution in [2.45, 2.75) is 26.8 Å². The monoisotopic (exact) mass is 261 g/mol. The fourth-order valence-corrected chi connectivity index (χ4v) is 2.38. The van der Waals surface area contributed by atoms with Crippen LogP contribution in [0.25, 0.3) is 0 Å². The summed E-state index contributed by atoms with van der Waals surface area (Å²) in [6.45, 7) is 6.72. The molecule has 0 fully saturated rings. The van der Waals surface area contributed by atoms with Crippen molar-refractivity contribution in [3.63, 3.8) is 0 Å². The zero-order chi connectivity index (χ0) is 14.0. The number of benzene rings is 1. The van der Waals surface area contributed by atoms with Crippen molar-refractivity contribution in [1.82, 2.24) is 15.1 Å². The second-order valence-corrected chi connectivity index (χ2v) is 4.86. The van der Waals surface area contributed by atoms with Gasteiger partial charge in [-0.3, -0.25) is 4.68 Å². The fourth-order valence-electron chi connectivity index (χ4n) is 2.38. The summed E-state index contributed by atoms with van der Waals surface area (Å²) in [5, 5.41) is 7.69. The first-order chi connectivity index (χ1) is 9.02. The summed E-state index contributed by atoms with van der Waals surface area (Å²) < 4.78 is 15.9. The fraction of sp³-hybridized carbons (Fsp3) is 0.400. The molecule has 2 aromatic rings. The Morgan fingerprint density at radius 1 is 1.32 bits per heavy atom. The Balaban J connectivity index is 2.51. The van der Waals surface area contributed by atoms with Gasteiger partial charge < -0.3 is 5.32 Å². The number of aryl methyl sites for hydroxylation is 3. The minimum atomic E-state index is -0.181. The van der Waals surface area contributed by atoms with E-state index < -0.39 is 0 Å². The molecule has 1 atom stereocenters. The van der Waals surface area contributed by atoms with Gasteiger partial charge in [0, 0.05) is 24.4 Å². The van der Waals surface area contributed by atoms with E-state index in [0.717, 1.165) is 23.4 Å². The third kappa shape index (κ3) is 2.84. The molecule has 0 amide bonds. The van der Waals surface area contributed by atoms with Gasteiger partial charge in [-0.15, -0.1) is 0 Å². The van der Waals surface area contributed by atoms with Crippen LogP contribution in [0.1, 0.15) is 35.3 Å². The quantitative estimate of drug-likeness (QED) is 0.917. The number of nitrogens with zero attached hydrogens (tertiary/aromatic N) is 2. The molecule has 1 heterocycles. The molecule has 0 spiro atoms. The van der Waals surface area contributed by atoms with E-state index in [1.807, 2.05) is 40.1 Å². The van der Waals surface area contributed by atoms with Crippen molar-refractivity contribution in [3.05, 3.63) is 52.6 Å². The van der Waals surface area contributed by atoms with Crippen LogP contribution in [0, 0.1) is 19.7 Å². The van der Waals surface area contributed by atoms with Crippen molar-refractivity contribution in [2.24, 2.45) is 7.05 Å². The van der Waals surface area contributed by atoms with Gasteiger partial charge in [-0.1, -0.05) is 24.6 Å². The van der Waals surface area contributed by atoms with Crippen molar-refractivity contribution in [1.29, 1.82) is 0 Å². The van der Waals surface area contributed by atoms with Crippen LogP contribution in [0.4, 0.5) is 4.39 Å². The van der Waals surface area contributed by atoms with Gasteiger partial charge >= 0.3 is 0 Å². The molecule has 4 heteroatoms. The Labute approximate surface area is 113 Å². The van der Waals surface area contributed by atoms with Crippen LogP contribution in [-0.2, 0) is 7.05 Å². The molecule has 19 heavy (non-hydrogen) atoms. The Kier molecular flexibility index (Phi) is 4.00. The van der Waals surface area contributed by atoms with Crippen LogP contribution in [0.5, 0.6) is 0 Å². The molecular weight excluding hydrogens is 241 g/mol. The van der Waals surface area contributed by atoms with Crippen molar-refractivity contribution in [3.8, 4) is 0 Å². The average Bonchev–Trinajstić information content (AvgIpc) is 2.69. The van der Waals surface area contributed by atoms with Crippen molar-refractivity contribution in [2.75, 3.05) is 6.54 Å². The van der Waals surface area contributed by atoms with Crippen molar-refractivity contribution >= 4 is 0 Å². The van der Waals surface area contributed by atoms with Crippen LogP contribution in [0.15, 0.2) is 24.4 Å². The lowest BCUT2D eigenvalue weighted by Gasteiger charge is -2.19. The summed E-state index contributed by atoms with van der Waals surface area (Å²) in [5.41, 5.74) is 3.68. The SMILES string of the molecule is CCNC(c1cc(C)ccc1F)c1cn(C)nc1C. The van der Waals surface area contributed by atoms with Crippen LogP contribution < -0.4 is 5.32 Å².